The summed E-state index contributed by atoms with van der Waals surface area (Å²) in [6, 6.07) is 10.1. The minimum absolute atomic E-state index is 0.163. The smallest absolute Gasteiger partial charge is 0.143 e. The average molecular weight is 299 g/mol. The van der Waals surface area contributed by atoms with Crippen LogP contribution in [0, 0.1) is 11.3 Å². The molecule has 2 nitrogen and oxygen atoms in total. The van der Waals surface area contributed by atoms with E-state index in [9.17, 15) is 4.79 Å². The van der Waals surface area contributed by atoms with Crippen LogP contribution in [0.15, 0.2) is 35.7 Å². The van der Waals surface area contributed by atoms with Crippen LogP contribution in [-0.2, 0) is 11.2 Å². The van der Waals surface area contributed by atoms with E-state index in [1.165, 1.54) is 6.42 Å². The van der Waals surface area contributed by atoms with E-state index in [0.717, 1.165) is 29.1 Å². The molecular weight excluding hydrogens is 278 g/mol. The molecule has 110 valence electrons. The van der Waals surface area contributed by atoms with Crippen molar-refractivity contribution in [3.63, 3.8) is 0 Å². The molecule has 1 saturated carbocycles. The van der Waals surface area contributed by atoms with Crippen LogP contribution in [0.25, 0.3) is 11.3 Å². The summed E-state index contributed by atoms with van der Waals surface area (Å²) in [7, 11) is 0. The molecule has 2 aromatic rings. The molecule has 1 aliphatic rings. The third kappa shape index (κ3) is 3.08. The first-order valence-electron chi connectivity index (χ1n) is 7.59. The van der Waals surface area contributed by atoms with Gasteiger partial charge in [-0.15, -0.1) is 11.3 Å². The van der Waals surface area contributed by atoms with Crippen molar-refractivity contribution >= 4 is 17.1 Å². The molecule has 0 spiro atoms. The predicted octanol–water partition coefficient (Wildman–Crippen LogP) is 4.75. The van der Waals surface area contributed by atoms with Crippen molar-refractivity contribution in [3.8, 4) is 11.3 Å². The van der Waals surface area contributed by atoms with Gasteiger partial charge in [-0.2, -0.15) is 0 Å². The van der Waals surface area contributed by atoms with Crippen LogP contribution < -0.4 is 0 Å². The van der Waals surface area contributed by atoms with Gasteiger partial charge in [0.25, 0.3) is 0 Å². The van der Waals surface area contributed by atoms with Crippen molar-refractivity contribution in [1.82, 2.24) is 4.98 Å². The second kappa shape index (κ2) is 5.72. The second-order valence-corrected chi connectivity index (χ2v) is 7.51. The number of Topliss-reactive ketones (excluding diaryl/α,β-unsaturated/α-hetero) is 1. The summed E-state index contributed by atoms with van der Waals surface area (Å²) in [6.45, 7) is 4.44. The Labute approximate surface area is 130 Å². The Morgan fingerprint density at radius 1 is 1.33 bits per heavy atom. The highest BCUT2D eigenvalue weighted by atomic mass is 32.1. The molecule has 0 saturated heterocycles. The Bertz CT molecular complexity index is 630. The molecule has 1 aliphatic carbocycles. The third-order valence-electron chi connectivity index (χ3n) is 4.59. The number of benzene rings is 1. The highest BCUT2D eigenvalue weighted by Gasteiger charge is 2.38. The summed E-state index contributed by atoms with van der Waals surface area (Å²) < 4.78 is 0. The van der Waals surface area contributed by atoms with E-state index in [0.29, 0.717) is 12.2 Å². The minimum atomic E-state index is 0.163. The first-order chi connectivity index (χ1) is 10.1. The molecule has 0 N–H and O–H groups in total. The molecule has 1 atom stereocenters. The number of aromatic nitrogens is 1. The third-order valence-corrected chi connectivity index (χ3v) is 5.44. The zero-order chi connectivity index (χ0) is 14.9. The maximum Gasteiger partial charge on any atom is 0.143 e. The molecule has 0 aliphatic heterocycles. The number of thiazole rings is 1. The zero-order valence-corrected chi connectivity index (χ0v) is 13.5. The quantitative estimate of drug-likeness (QED) is 0.815. The van der Waals surface area contributed by atoms with E-state index >= 15 is 0 Å². The van der Waals surface area contributed by atoms with E-state index in [4.69, 9.17) is 0 Å². The molecule has 0 amide bonds. The first-order valence-corrected chi connectivity index (χ1v) is 8.47. The number of rotatable bonds is 4. The molecule has 1 heterocycles. The Balaban J connectivity index is 1.72. The monoisotopic (exact) mass is 299 g/mol. The van der Waals surface area contributed by atoms with Crippen LogP contribution in [0.4, 0.5) is 0 Å². The van der Waals surface area contributed by atoms with Gasteiger partial charge in [-0.3, -0.25) is 4.79 Å². The van der Waals surface area contributed by atoms with Crippen molar-refractivity contribution in [1.29, 1.82) is 0 Å². The lowest BCUT2D eigenvalue weighted by molar-refractivity contribution is -0.124. The fourth-order valence-corrected chi connectivity index (χ4v) is 4.14. The van der Waals surface area contributed by atoms with Crippen molar-refractivity contribution in [2.24, 2.45) is 11.3 Å². The molecular formula is C18H21NOS. The fourth-order valence-electron chi connectivity index (χ4n) is 3.33. The number of carbonyl (C=O) groups is 1. The molecule has 21 heavy (non-hydrogen) atoms. The Kier molecular flexibility index (Phi) is 3.94. The number of nitrogens with zero attached hydrogens (tertiary/aromatic N) is 1. The molecule has 0 radical (unpaired) electrons. The summed E-state index contributed by atoms with van der Waals surface area (Å²) in [6.07, 6.45) is 3.88. The molecule has 1 fully saturated rings. The Morgan fingerprint density at radius 2 is 2.10 bits per heavy atom. The van der Waals surface area contributed by atoms with Crippen LogP contribution in [0.5, 0.6) is 0 Å². The van der Waals surface area contributed by atoms with E-state index < -0.39 is 0 Å². The highest BCUT2D eigenvalue weighted by Crippen LogP contribution is 2.43. The van der Waals surface area contributed by atoms with Gasteiger partial charge in [-0.25, -0.2) is 4.98 Å². The van der Waals surface area contributed by atoms with Crippen LogP contribution in [0.1, 0.15) is 38.1 Å². The molecule has 3 rings (SSSR count). The summed E-state index contributed by atoms with van der Waals surface area (Å²) in [5.41, 5.74) is 2.26. The fraction of sp³-hybridized carbons (Fsp3) is 0.444. The highest BCUT2D eigenvalue weighted by molar-refractivity contribution is 7.10. The molecule has 3 heteroatoms. The van der Waals surface area contributed by atoms with E-state index in [2.05, 4.69) is 36.3 Å². The van der Waals surface area contributed by atoms with Crippen LogP contribution >= 0.6 is 11.3 Å². The van der Waals surface area contributed by atoms with Gasteiger partial charge in [0.2, 0.25) is 0 Å². The van der Waals surface area contributed by atoms with Crippen LogP contribution in [-0.4, -0.2) is 10.8 Å². The van der Waals surface area contributed by atoms with Gasteiger partial charge in [0.15, 0.2) is 0 Å². The van der Waals surface area contributed by atoms with Crippen LogP contribution in [0.2, 0.25) is 0 Å². The number of hydrogen-bond acceptors (Lipinski definition) is 3. The number of ketones is 1. The predicted molar refractivity (Wildman–Crippen MR) is 87.4 cm³/mol. The Morgan fingerprint density at radius 3 is 2.76 bits per heavy atom. The first kappa shape index (κ1) is 14.5. The van der Waals surface area contributed by atoms with Gasteiger partial charge < -0.3 is 0 Å². The number of carbonyl (C=O) groups excluding carboxylic acids is 1. The van der Waals surface area contributed by atoms with E-state index in [1.807, 2.05) is 18.2 Å². The summed E-state index contributed by atoms with van der Waals surface area (Å²) in [4.78, 5) is 17.2. The lowest BCUT2D eigenvalue weighted by Gasteiger charge is -2.25. The summed E-state index contributed by atoms with van der Waals surface area (Å²) >= 11 is 1.60. The standard InChI is InChI=1S/C18H21NOS/c1-18(2)10-6-9-14(18)16(20)11-17-19-15(12-21-17)13-7-4-3-5-8-13/h3-5,7-8,12,14H,6,9-11H2,1-2H3. The van der Waals surface area contributed by atoms with Gasteiger partial charge in [0, 0.05) is 16.9 Å². The van der Waals surface area contributed by atoms with Crippen molar-refractivity contribution in [2.75, 3.05) is 0 Å². The summed E-state index contributed by atoms with van der Waals surface area (Å²) in [5.74, 6) is 0.577. The minimum Gasteiger partial charge on any atom is -0.299 e. The zero-order valence-electron chi connectivity index (χ0n) is 12.6. The Hall–Kier alpha value is -1.48. The summed E-state index contributed by atoms with van der Waals surface area (Å²) in [5, 5.41) is 3.00. The average Bonchev–Trinajstić information content (AvgIpc) is 3.06. The van der Waals surface area contributed by atoms with Gasteiger partial charge in [-0.05, 0) is 18.3 Å². The van der Waals surface area contributed by atoms with Crippen molar-refractivity contribution < 1.29 is 4.79 Å². The van der Waals surface area contributed by atoms with Gasteiger partial charge in [0.05, 0.1) is 12.1 Å². The van der Waals surface area contributed by atoms with Gasteiger partial charge in [0.1, 0.15) is 10.8 Å². The lowest BCUT2D eigenvalue weighted by atomic mass is 9.79. The normalized spacial score (nSPS) is 20.6. The van der Waals surface area contributed by atoms with Crippen LogP contribution in [0.3, 0.4) is 0 Å². The topological polar surface area (TPSA) is 30.0 Å². The molecule has 1 aromatic carbocycles. The van der Waals surface area contributed by atoms with Crippen molar-refractivity contribution in [2.45, 2.75) is 39.5 Å². The van der Waals surface area contributed by atoms with E-state index in [1.54, 1.807) is 11.3 Å². The largest absolute Gasteiger partial charge is 0.299 e. The second-order valence-electron chi connectivity index (χ2n) is 6.57. The maximum absolute atomic E-state index is 12.5. The maximum atomic E-state index is 12.5. The van der Waals surface area contributed by atoms with Gasteiger partial charge in [-0.1, -0.05) is 50.6 Å². The SMILES string of the molecule is CC1(C)CCCC1C(=O)Cc1nc(-c2ccccc2)cs1. The molecule has 1 aromatic heterocycles. The number of hydrogen-bond donors (Lipinski definition) is 0. The lowest BCUT2D eigenvalue weighted by Crippen LogP contribution is -2.27. The van der Waals surface area contributed by atoms with Crippen molar-refractivity contribution in [3.05, 3.63) is 40.7 Å². The van der Waals surface area contributed by atoms with Gasteiger partial charge >= 0.3 is 0 Å². The van der Waals surface area contributed by atoms with E-state index in [-0.39, 0.29) is 11.3 Å². The molecule has 1 unspecified atom stereocenters. The molecule has 0 bridgehead atoms.